The first kappa shape index (κ1) is 39.6. The van der Waals surface area contributed by atoms with Crippen LogP contribution < -0.4 is 26.0 Å². The van der Waals surface area contributed by atoms with E-state index in [4.69, 9.17) is 14.7 Å². The molecular weight excluding hydrogens is 699 g/mol. The maximum atomic E-state index is 14.6. The molecule has 0 aromatic carbocycles. The third kappa shape index (κ3) is 9.69. The maximum Gasteiger partial charge on any atom is 0.315 e. The maximum absolute atomic E-state index is 14.6. The van der Waals surface area contributed by atoms with E-state index < -0.39 is 52.5 Å². The Morgan fingerprint density at radius 3 is 2.40 bits per heavy atom. The van der Waals surface area contributed by atoms with Crippen molar-refractivity contribution in [1.29, 1.82) is 0 Å². The van der Waals surface area contributed by atoms with Gasteiger partial charge in [-0.25, -0.2) is 9.78 Å². The van der Waals surface area contributed by atoms with Crippen LogP contribution in [0.15, 0.2) is 17.5 Å². The van der Waals surface area contributed by atoms with Crippen molar-refractivity contribution in [2.75, 3.05) is 6.54 Å². The fourth-order valence-electron chi connectivity index (χ4n) is 6.60. The van der Waals surface area contributed by atoms with Crippen LogP contribution in [-0.4, -0.2) is 96.5 Å². The second kappa shape index (κ2) is 15.4. The number of ether oxygens (including phenoxy) is 1. The van der Waals surface area contributed by atoms with Gasteiger partial charge >= 0.3 is 6.03 Å². The molecule has 0 bridgehead atoms. The van der Waals surface area contributed by atoms with Gasteiger partial charge < -0.3 is 35.7 Å². The standard InChI is InChI=1S/C37H53N9O6S/c1-10-14-37(20-47,18-27(48)38-22-11-12-22)42-31(49)26-17-23(19-46(26)33(50)29(35(3,4)5)40-34(51)43-36(6,7)8)52-32-28-24(13-15-53-28)39-30(41-32)25-16-21(2)44-45(25)9/h13,15-16,20,22-23,26,29H,10-12,14,17-19H2,1-9H3,(H,38,48)(H,42,49)(H2,40,43,51)/t23-,26+,29-,37-/m1/s1. The van der Waals surface area contributed by atoms with Gasteiger partial charge in [-0.3, -0.25) is 19.1 Å². The number of aromatic nitrogens is 4. The number of thiophene rings is 1. The Morgan fingerprint density at radius 2 is 1.81 bits per heavy atom. The molecule has 2 aliphatic rings. The minimum Gasteiger partial charge on any atom is -0.471 e. The number of hydrogen-bond acceptors (Lipinski definition) is 10. The van der Waals surface area contributed by atoms with Crippen LogP contribution in [0.5, 0.6) is 5.88 Å². The van der Waals surface area contributed by atoms with Crippen LogP contribution in [0.25, 0.3) is 21.7 Å². The summed E-state index contributed by atoms with van der Waals surface area (Å²) in [7, 11) is 1.81. The zero-order chi connectivity index (χ0) is 38.9. The van der Waals surface area contributed by atoms with E-state index in [9.17, 15) is 24.0 Å². The van der Waals surface area contributed by atoms with Gasteiger partial charge in [0.15, 0.2) is 5.82 Å². The fraction of sp³-hybridized carbons (Fsp3) is 0.622. The number of amides is 5. The number of likely N-dealkylation sites (tertiary alicyclic amines) is 1. The van der Waals surface area contributed by atoms with Crippen LogP contribution in [0, 0.1) is 12.3 Å². The normalized spacial score (nSPS) is 19.3. The van der Waals surface area contributed by atoms with Crippen LogP contribution in [0.4, 0.5) is 4.79 Å². The highest BCUT2D eigenvalue weighted by atomic mass is 32.1. The highest BCUT2D eigenvalue weighted by Gasteiger charge is 2.48. The van der Waals surface area contributed by atoms with Crippen LogP contribution in [-0.2, 0) is 26.2 Å². The molecule has 1 saturated heterocycles. The van der Waals surface area contributed by atoms with E-state index in [1.54, 1.807) is 4.68 Å². The van der Waals surface area contributed by atoms with E-state index >= 15 is 0 Å². The number of carbonyl (C=O) groups is 5. The molecule has 1 aliphatic carbocycles. The Bertz CT molecular complexity index is 1860. The highest BCUT2D eigenvalue weighted by Crippen LogP contribution is 2.34. The second-order valence-corrected chi connectivity index (χ2v) is 17.4. The Labute approximate surface area is 314 Å². The van der Waals surface area contributed by atoms with Crippen molar-refractivity contribution in [3.8, 4) is 17.4 Å². The van der Waals surface area contributed by atoms with Crippen LogP contribution in [0.3, 0.4) is 0 Å². The minimum atomic E-state index is -1.47. The molecule has 0 unspecified atom stereocenters. The van der Waals surface area contributed by atoms with Crippen molar-refractivity contribution in [3.05, 3.63) is 23.2 Å². The number of nitrogens with zero attached hydrogens (tertiary/aromatic N) is 5. The Morgan fingerprint density at radius 1 is 1.09 bits per heavy atom. The SMILES string of the molecule is CCC[C@](C=O)(CC(=O)NC1CC1)NC(=O)[C@@H]1C[C@@H](Oc2nc(-c3cc(C)nn3C)nc3ccsc23)CN1C(=O)[C@@H](NC(=O)NC(C)(C)C)C(C)(C)C. The Balaban J connectivity index is 1.48. The number of nitrogens with one attached hydrogen (secondary N) is 4. The molecule has 5 amide bonds. The summed E-state index contributed by atoms with van der Waals surface area (Å²) in [6, 6.07) is 1.19. The smallest absolute Gasteiger partial charge is 0.315 e. The lowest BCUT2D eigenvalue weighted by Gasteiger charge is -2.37. The molecule has 0 radical (unpaired) electrons. The molecule has 288 valence electrons. The van der Waals surface area contributed by atoms with E-state index in [-0.39, 0.29) is 37.8 Å². The van der Waals surface area contributed by atoms with E-state index in [1.165, 1.54) is 16.2 Å². The van der Waals surface area contributed by atoms with Gasteiger partial charge in [-0.05, 0) is 69.9 Å². The molecule has 0 spiro atoms. The zero-order valence-electron chi connectivity index (χ0n) is 32.2. The average Bonchev–Trinajstić information content (AvgIpc) is 3.39. The van der Waals surface area contributed by atoms with E-state index in [0.717, 1.165) is 18.5 Å². The molecule has 3 aromatic heterocycles. The predicted molar refractivity (Wildman–Crippen MR) is 201 cm³/mol. The van der Waals surface area contributed by atoms with Gasteiger partial charge in [0.05, 0.1) is 24.2 Å². The second-order valence-electron chi connectivity index (χ2n) is 16.4. The number of aldehydes is 1. The van der Waals surface area contributed by atoms with Gasteiger partial charge in [-0.15, -0.1) is 11.3 Å². The predicted octanol–water partition coefficient (Wildman–Crippen LogP) is 3.78. The number of hydrogen-bond donors (Lipinski definition) is 4. The fourth-order valence-corrected chi connectivity index (χ4v) is 7.36. The molecular formula is C37H53N9O6S. The first-order valence-electron chi connectivity index (χ1n) is 18.2. The van der Waals surface area contributed by atoms with Gasteiger partial charge in [0.2, 0.25) is 23.6 Å². The van der Waals surface area contributed by atoms with Crippen molar-refractivity contribution in [2.24, 2.45) is 12.5 Å². The molecule has 5 rings (SSSR count). The van der Waals surface area contributed by atoms with Crippen molar-refractivity contribution >= 4 is 51.6 Å². The molecule has 1 aliphatic heterocycles. The van der Waals surface area contributed by atoms with Gasteiger partial charge in [0.25, 0.3) is 0 Å². The lowest BCUT2D eigenvalue weighted by atomic mass is 9.85. The summed E-state index contributed by atoms with van der Waals surface area (Å²) in [4.78, 5) is 78.7. The highest BCUT2D eigenvalue weighted by molar-refractivity contribution is 7.17. The number of fused-ring (bicyclic) bond motifs is 1. The van der Waals surface area contributed by atoms with Crippen LogP contribution in [0.2, 0.25) is 0 Å². The monoisotopic (exact) mass is 751 g/mol. The van der Waals surface area contributed by atoms with E-state index in [2.05, 4.69) is 26.4 Å². The van der Waals surface area contributed by atoms with Crippen molar-refractivity contribution in [2.45, 2.75) is 129 Å². The summed E-state index contributed by atoms with van der Waals surface area (Å²) in [5.74, 6) is -0.681. The zero-order valence-corrected chi connectivity index (χ0v) is 33.0. The lowest BCUT2D eigenvalue weighted by Crippen LogP contribution is -2.62. The largest absolute Gasteiger partial charge is 0.471 e. The topological polar surface area (TPSA) is 190 Å². The summed E-state index contributed by atoms with van der Waals surface area (Å²) in [6.07, 6.45) is 2.28. The molecule has 3 aromatic rings. The summed E-state index contributed by atoms with van der Waals surface area (Å²) < 4.78 is 8.97. The molecule has 1 saturated carbocycles. The third-order valence-corrected chi connectivity index (χ3v) is 10.1. The molecule has 16 heteroatoms. The summed E-state index contributed by atoms with van der Waals surface area (Å²) in [5.41, 5.74) is -0.621. The average molecular weight is 752 g/mol. The van der Waals surface area contributed by atoms with Gasteiger partial charge in [0.1, 0.15) is 40.4 Å². The quantitative estimate of drug-likeness (QED) is 0.189. The number of urea groups is 1. The van der Waals surface area contributed by atoms with Crippen LogP contribution >= 0.6 is 11.3 Å². The van der Waals surface area contributed by atoms with Gasteiger partial charge in [-0.2, -0.15) is 10.1 Å². The van der Waals surface area contributed by atoms with Crippen molar-refractivity contribution in [1.82, 2.24) is 45.9 Å². The third-order valence-electron chi connectivity index (χ3n) is 9.22. The first-order valence-corrected chi connectivity index (χ1v) is 19.1. The summed E-state index contributed by atoms with van der Waals surface area (Å²) >= 11 is 1.41. The Kier molecular flexibility index (Phi) is 11.5. The van der Waals surface area contributed by atoms with E-state index in [1.807, 2.05) is 80.0 Å². The van der Waals surface area contributed by atoms with E-state index in [0.29, 0.717) is 40.3 Å². The number of aryl methyl sites for hydroxylation is 2. The van der Waals surface area contributed by atoms with Gasteiger partial charge in [0, 0.05) is 25.0 Å². The van der Waals surface area contributed by atoms with Gasteiger partial charge in [-0.1, -0.05) is 34.1 Å². The minimum absolute atomic E-state index is 0.00682. The van der Waals surface area contributed by atoms with Crippen molar-refractivity contribution < 1.29 is 28.7 Å². The lowest BCUT2D eigenvalue weighted by molar-refractivity contribution is -0.143. The summed E-state index contributed by atoms with van der Waals surface area (Å²) in [6.45, 7) is 14.7. The molecule has 4 N–H and O–H groups in total. The summed E-state index contributed by atoms with van der Waals surface area (Å²) in [5, 5.41) is 17.8. The molecule has 15 nitrogen and oxygen atoms in total. The molecule has 2 fully saturated rings. The molecule has 53 heavy (non-hydrogen) atoms. The first-order chi connectivity index (χ1) is 24.8. The Hall–Kier alpha value is -4.60. The number of rotatable bonds is 13. The number of carbonyl (C=O) groups excluding carboxylic acids is 5. The van der Waals surface area contributed by atoms with Crippen molar-refractivity contribution in [3.63, 3.8) is 0 Å². The molecule has 4 atom stereocenters. The van der Waals surface area contributed by atoms with Crippen LogP contribution in [0.1, 0.15) is 92.7 Å². The molecule has 4 heterocycles.